The molecule has 1 aromatic carbocycles. The molecular formula is C17H23F3N2O. The minimum atomic E-state index is -4.41. The van der Waals surface area contributed by atoms with Gasteiger partial charge in [-0.1, -0.05) is 18.2 Å². The Morgan fingerprint density at radius 1 is 1.22 bits per heavy atom. The standard InChI is InChI=1S/C17H23F3N2O/c1-16(2,13-4-3-5-14(10-13)17(18,19)20)15(23)22-8-6-12(11-21)7-9-22/h3-5,10,12H,6-9,11,21H2,1-2H3. The molecule has 0 aliphatic carbocycles. The van der Waals surface area contributed by atoms with Gasteiger partial charge in [0.25, 0.3) is 0 Å². The van der Waals surface area contributed by atoms with Crippen molar-refractivity contribution in [3.8, 4) is 0 Å². The van der Waals surface area contributed by atoms with Crippen LogP contribution in [0.2, 0.25) is 0 Å². The number of piperidine rings is 1. The van der Waals surface area contributed by atoms with Crippen LogP contribution in [0.5, 0.6) is 0 Å². The maximum atomic E-state index is 12.9. The minimum Gasteiger partial charge on any atom is -0.342 e. The van der Waals surface area contributed by atoms with Gasteiger partial charge in [0.1, 0.15) is 0 Å². The highest BCUT2D eigenvalue weighted by atomic mass is 19.4. The number of amides is 1. The van der Waals surface area contributed by atoms with Gasteiger partial charge in [-0.15, -0.1) is 0 Å². The summed E-state index contributed by atoms with van der Waals surface area (Å²) in [6, 6.07) is 5.04. The summed E-state index contributed by atoms with van der Waals surface area (Å²) in [4.78, 5) is 14.5. The van der Waals surface area contributed by atoms with E-state index in [0.717, 1.165) is 25.0 Å². The lowest BCUT2D eigenvalue weighted by atomic mass is 9.81. The van der Waals surface area contributed by atoms with Crippen molar-refractivity contribution in [2.24, 2.45) is 11.7 Å². The van der Waals surface area contributed by atoms with E-state index in [1.54, 1.807) is 24.8 Å². The normalized spacial score (nSPS) is 17.4. The number of nitrogens with zero attached hydrogens (tertiary/aromatic N) is 1. The summed E-state index contributed by atoms with van der Waals surface area (Å²) in [7, 11) is 0. The molecule has 3 nitrogen and oxygen atoms in total. The zero-order chi connectivity index (χ0) is 17.3. The number of carbonyl (C=O) groups is 1. The summed E-state index contributed by atoms with van der Waals surface area (Å²) in [6.07, 6.45) is -2.71. The number of halogens is 3. The van der Waals surface area contributed by atoms with E-state index >= 15 is 0 Å². The largest absolute Gasteiger partial charge is 0.416 e. The number of benzene rings is 1. The Morgan fingerprint density at radius 3 is 2.30 bits per heavy atom. The lowest BCUT2D eigenvalue weighted by Gasteiger charge is -2.37. The molecule has 0 atom stereocenters. The zero-order valence-electron chi connectivity index (χ0n) is 13.5. The molecule has 2 N–H and O–H groups in total. The van der Waals surface area contributed by atoms with E-state index in [2.05, 4.69) is 0 Å². The molecular weight excluding hydrogens is 305 g/mol. The number of likely N-dealkylation sites (tertiary alicyclic amines) is 1. The van der Waals surface area contributed by atoms with Crippen LogP contribution in [0.15, 0.2) is 24.3 Å². The summed E-state index contributed by atoms with van der Waals surface area (Å²) in [5.41, 5.74) is 4.32. The van der Waals surface area contributed by atoms with Gasteiger partial charge in [-0.25, -0.2) is 0 Å². The predicted molar refractivity (Wildman–Crippen MR) is 82.8 cm³/mol. The molecule has 1 aromatic rings. The predicted octanol–water partition coefficient (Wildman–Crippen LogP) is 3.18. The third-order valence-corrected chi connectivity index (χ3v) is 4.68. The summed E-state index contributed by atoms with van der Waals surface area (Å²) in [6.45, 7) is 5.20. The van der Waals surface area contributed by atoms with Gasteiger partial charge in [0, 0.05) is 13.1 Å². The zero-order valence-corrected chi connectivity index (χ0v) is 13.5. The Balaban J connectivity index is 2.19. The second-order valence-corrected chi connectivity index (χ2v) is 6.67. The highest BCUT2D eigenvalue weighted by Gasteiger charge is 2.37. The second-order valence-electron chi connectivity index (χ2n) is 6.67. The van der Waals surface area contributed by atoms with Crippen molar-refractivity contribution in [3.63, 3.8) is 0 Å². The topological polar surface area (TPSA) is 46.3 Å². The summed E-state index contributed by atoms with van der Waals surface area (Å²) < 4.78 is 38.7. The molecule has 0 radical (unpaired) electrons. The molecule has 1 saturated heterocycles. The molecule has 6 heteroatoms. The molecule has 1 amide bonds. The average molecular weight is 328 g/mol. The van der Waals surface area contributed by atoms with Gasteiger partial charge in [0.2, 0.25) is 5.91 Å². The van der Waals surface area contributed by atoms with Crippen LogP contribution in [0.4, 0.5) is 13.2 Å². The van der Waals surface area contributed by atoms with E-state index in [-0.39, 0.29) is 5.91 Å². The fraction of sp³-hybridized carbons (Fsp3) is 0.588. The molecule has 1 fully saturated rings. The SMILES string of the molecule is CC(C)(C(=O)N1CCC(CN)CC1)c1cccc(C(F)(F)F)c1. The van der Waals surface area contributed by atoms with Crippen LogP contribution in [0.1, 0.15) is 37.8 Å². The van der Waals surface area contributed by atoms with Crippen molar-refractivity contribution in [2.75, 3.05) is 19.6 Å². The molecule has 0 unspecified atom stereocenters. The van der Waals surface area contributed by atoms with Gasteiger partial charge in [0.05, 0.1) is 11.0 Å². The van der Waals surface area contributed by atoms with Crippen molar-refractivity contribution >= 4 is 5.91 Å². The molecule has 128 valence electrons. The Bertz CT molecular complexity index is 561. The molecule has 0 bridgehead atoms. The third kappa shape index (κ3) is 3.86. The summed E-state index contributed by atoms with van der Waals surface area (Å²) in [5, 5.41) is 0. The smallest absolute Gasteiger partial charge is 0.342 e. The van der Waals surface area contributed by atoms with Crippen LogP contribution < -0.4 is 5.73 Å². The maximum Gasteiger partial charge on any atom is 0.416 e. The van der Waals surface area contributed by atoms with Gasteiger partial charge < -0.3 is 10.6 Å². The fourth-order valence-corrected chi connectivity index (χ4v) is 2.97. The third-order valence-electron chi connectivity index (χ3n) is 4.68. The van der Waals surface area contributed by atoms with Crippen molar-refractivity contribution in [1.82, 2.24) is 4.90 Å². The lowest BCUT2D eigenvalue weighted by molar-refractivity contribution is -0.139. The molecule has 1 aliphatic rings. The Labute approximate surface area is 134 Å². The first-order valence-corrected chi connectivity index (χ1v) is 7.83. The first-order chi connectivity index (χ1) is 10.7. The van der Waals surface area contributed by atoms with Crippen LogP contribution in [0, 0.1) is 5.92 Å². The van der Waals surface area contributed by atoms with Gasteiger partial charge in [-0.2, -0.15) is 13.2 Å². The Hall–Kier alpha value is -1.56. The van der Waals surface area contributed by atoms with Crippen LogP contribution in [-0.2, 0) is 16.4 Å². The molecule has 2 rings (SSSR count). The van der Waals surface area contributed by atoms with E-state index in [4.69, 9.17) is 5.73 Å². The molecule has 0 saturated carbocycles. The molecule has 1 heterocycles. The summed E-state index contributed by atoms with van der Waals surface area (Å²) in [5.74, 6) is 0.294. The number of carbonyl (C=O) groups excluding carboxylic acids is 1. The second kappa shape index (κ2) is 6.51. The fourth-order valence-electron chi connectivity index (χ4n) is 2.97. The number of rotatable bonds is 3. The monoisotopic (exact) mass is 328 g/mol. The van der Waals surface area contributed by atoms with Gasteiger partial charge in [-0.3, -0.25) is 4.79 Å². The number of hydrogen-bond donors (Lipinski definition) is 1. The van der Waals surface area contributed by atoms with Gasteiger partial charge >= 0.3 is 6.18 Å². The van der Waals surface area contributed by atoms with Crippen molar-refractivity contribution in [2.45, 2.75) is 38.3 Å². The van der Waals surface area contributed by atoms with Crippen LogP contribution in [0.25, 0.3) is 0 Å². The van der Waals surface area contributed by atoms with Crippen LogP contribution in [-0.4, -0.2) is 30.4 Å². The van der Waals surface area contributed by atoms with E-state index in [0.29, 0.717) is 31.1 Å². The Kier molecular flexibility index (Phi) is 5.04. The first kappa shape index (κ1) is 17.8. The van der Waals surface area contributed by atoms with E-state index in [1.165, 1.54) is 6.07 Å². The van der Waals surface area contributed by atoms with Crippen LogP contribution in [0.3, 0.4) is 0 Å². The number of alkyl halides is 3. The van der Waals surface area contributed by atoms with Gasteiger partial charge in [0.15, 0.2) is 0 Å². The first-order valence-electron chi connectivity index (χ1n) is 7.83. The maximum absolute atomic E-state index is 12.9. The molecule has 1 aliphatic heterocycles. The highest BCUT2D eigenvalue weighted by molar-refractivity contribution is 5.87. The molecule has 23 heavy (non-hydrogen) atoms. The van der Waals surface area contributed by atoms with Crippen molar-refractivity contribution in [3.05, 3.63) is 35.4 Å². The molecule has 0 aromatic heterocycles. The Morgan fingerprint density at radius 2 is 1.78 bits per heavy atom. The van der Waals surface area contributed by atoms with Crippen molar-refractivity contribution < 1.29 is 18.0 Å². The number of nitrogens with two attached hydrogens (primary N) is 1. The van der Waals surface area contributed by atoms with E-state index < -0.39 is 17.2 Å². The minimum absolute atomic E-state index is 0.132. The highest BCUT2D eigenvalue weighted by Crippen LogP contribution is 2.34. The number of hydrogen-bond acceptors (Lipinski definition) is 2. The van der Waals surface area contributed by atoms with E-state index in [9.17, 15) is 18.0 Å². The lowest BCUT2D eigenvalue weighted by Crippen LogP contribution is -2.47. The average Bonchev–Trinajstić information content (AvgIpc) is 2.53. The quantitative estimate of drug-likeness (QED) is 0.926. The summed E-state index contributed by atoms with van der Waals surface area (Å²) >= 11 is 0. The van der Waals surface area contributed by atoms with Crippen molar-refractivity contribution in [1.29, 1.82) is 0 Å². The van der Waals surface area contributed by atoms with Crippen LogP contribution >= 0.6 is 0 Å². The van der Waals surface area contributed by atoms with Gasteiger partial charge in [-0.05, 0) is 50.8 Å². The van der Waals surface area contributed by atoms with E-state index in [1.807, 2.05) is 0 Å². The molecule has 0 spiro atoms.